The van der Waals surface area contributed by atoms with Gasteiger partial charge < -0.3 is 0 Å². The number of rotatable bonds is 7. The molecule has 7 heteroatoms. The van der Waals surface area contributed by atoms with Crippen molar-refractivity contribution in [3.8, 4) is 10.6 Å². The largest absolute Gasteiger partial charge is 0.296 e. The minimum atomic E-state index is -0.168. The maximum absolute atomic E-state index is 12.4. The van der Waals surface area contributed by atoms with E-state index in [1.807, 2.05) is 36.6 Å². The minimum Gasteiger partial charge on any atom is -0.296 e. The molecule has 25 heavy (non-hydrogen) atoms. The van der Waals surface area contributed by atoms with Gasteiger partial charge in [0, 0.05) is 28.6 Å². The van der Waals surface area contributed by atoms with E-state index in [-0.39, 0.29) is 5.91 Å². The van der Waals surface area contributed by atoms with Gasteiger partial charge in [-0.1, -0.05) is 43.2 Å². The van der Waals surface area contributed by atoms with Crippen LogP contribution in [0.25, 0.3) is 10.6 Å². The SMILES string of the molecule is CCCCCc1nnc(NC(=O)c2ccc(-c3nc(C)cs3)cc2)s1. The summed E-state index contributed by atoms with van der Waals surface area (Å²) in [6.45, 7) is 4.15. The number of hydrogen-bond donors (Lipinski definition) is 1. The minimum absolute atomic E-state index is 0.168. The van der Waals surface area contributed by atoms with Crippen molar-refractivity contribution >= 4 is 33.7 Å². The highest BCUT2D eigenvalue weighted by Gasteiger charge is 2.11. The monoisotopic (exact) mass is 372 g/mol. The Morgan fingerprint density at radius 2 is 1.96 bits per heavy atom. The second kappa shape index (κ2) is 8.31. The third-order valence-corrected chi connectivity index (χ3v) is 5.60. The van der Waals surface area contributed by atoms with Crippen LogP contribution in [0.15, 0.2) is 29.6 Å². The molecule has 0 unspecified atom stereocenters. The first-order valence-electron chi connectivity index (χ1n) is 8.32. The predicted molar refractivity (Wildman–Crippen MR) is 103 cm³/mol. The molecular formula is C18H20N4OS2. The van der Waals surface area contributed by atoms with Crippen molar-refractivity contribution in [1.82, 2.24) is 15.2 Å². The third-order valence-electron chi connectivity index (χ3n) is 3.69. The molecule has 0 atom stereocenters. The van der Waals surface area contributed by atoms with Crippen LogP contribution in [-0.4, -0.2) is 21.1 Å². The van der Waals surface area contributed by atoms with Crippen LogP contribution in [0.5, 0.6) is 0 Å². The Morgan fingerprint density at radius 1 is 1.16 bits per heavy atom. The average Bonchev–Trinajstić information content (AvgIpc) is 3.24. The van der Waals surface area contributed by atoms with E-state index in [0.29, 0.717) is 10.7 Å². The molecule has 1 aromatic carbocycles. The highest BCUT2D eigenvalue weighted by atomic mass is 32.1. The molecule has 0 saturated carbocycles. The molecular weight excluding hydrogens is 352 g/mol. The quantitative estimate of drug-likeness (QED) is 0.596. The Morgan fingerprint density at radius 3 is 2.64 bits per heavy atom. The molecule has 0 fully saturated rings. The third kappa shape index (κ3) is 4.70. The molecule has 0 saturated heterocycles. The van der Waals surface area contributed by atoms with Crippen LogP contribution in [-0.2, 0) is 6.42 Å². The topological polar surface area (TPSA) is 67.8 Å². The number of carbonyl (C=O) groups is 1. The van der Waals surface area contributed by atoms with E-state index in [4.69, 9.17) is 0 Å². The fraction of sp³-hybridized carbons (Fsp3) is 0.333. The van der Waals surface area contributed by atoms with E-state index < -0.39 is 0 Å². The number of nitrogens with zero attached hydrogens (tertiary/aromatic N) is 3. The summed E-state index contributed by atoms with van der Waals surface area (Å²) in [6.07, 6.45) is 4.39. The molecule has 1 amide bonds. The Labute approximate surface area is 155 Å². The van der Waals surface area contributed by atoms with Crippen molar-refractivity contribution in [1.29, 1.82) is 0 Å². The van der Waals surface area contributed by atoms with Gasteiger partial charge in [-0.3, -0.25) is 10.1 Å². The summed E-state index contributed by atoms with van der Waals surface area (Å²) in [6, 6.07) is 7.46. The molecule has 5 nitrogen and oxygen atoms in total. The number of amides is 1. The molecule has 2 aromatic heterocycles. The smallest absolute Gasteiger partial charge is 0.257 e. The number of unbranched alkanes of at least 4 members (excludes halogenated alkanes) is 2. The predicted octanol–water partition coefficient (Wildman–Crippen LogP) is 4.96. The van der Waals surface area contributed by atoms with Crippen LogP contribution in [0.3, 0.4) is 0 Å². The van der Waals surface area contributed by atoms with Crippen molar-refractivity contribution in [2.45, 2.75) is 39.5 Å². The number of benzene rings is 1. The van der Waals surface area contributed by atoms with Crippen molar-refractivity contribution in [3.05, 3.63) is 45.9 Å². The van der Waals surface area contributed by atoms with Gasteiger partial charge in [0.15, 0.2) is 0 Å². The van der Waals surface area contributed by atoms with Crippen molar-refractivity contribution in [2.24, 2.45) is 0 Å². The highest BCUT2D eigenvalue weighted by molar-refractivity contribution is 7.15. The molecule has 0 spiro atoms. The number of aromatic nitrogens is 3. The zero-order chi connectivity index (χ0) is 17.6. The van der Waals surface area contributed by atoms with Crippen molar-refractivity contribution < 1.29 is 4.79 Å². The van der Waals surface area contributed by atoms with E-state index in [1.54, 1.807) is 11.3 Å². The van der Waals surface area contributed by atoms with E-state index in [1.165, 1.54) is 24.2 Å². The molecule has 3 rings (SSSR count). The Kier molecular flexibility index (Phi) is 5.88. The van der Waals surface area contributed by atoms with E-state index >= 15 is 0 Å². The first kappa shape index (κ1) is 17.7. The summed E-state index contributed by atoms with van der Waals surface area (Å²) in [5.74, 6) is -0.168. The fourth-order valence-corrected chi connectivity index (χ4v) is 3.93. The maximum atomic E-state index is 12.4. The molecule has 0 aliphatic rings. The number of carbonyl (C=O) groups excluding carboxylic acids is 1. The van der Waals surface area contributed by atoms with Gasteiger partial charge in [0.05, 0.1) is 0 Å². The number of hydrogen-bond acceptors (Lipinski definition) is 6. The molecule has 0 bridgehead atoms. The van der Waals surface area contributed by atoms with Gasteiger partial charge in [0.25, 0.3) is 5.91 Å². The number of aryl methyl sites for hydroxylation is 2. The lowest BCUT2D eigenvalue weighted by Gasteiger charge is -2.02. The second-order valence-corrected chi connectivity index (χ2v) is 7.70. The lowest BCUT2D eigenvalue weighted by atomic mass is 10.1. The zero-order valence-corrected chi connectivity index (χ0v) is 15.9. The molecule has 130 valence electrons. The Bertz CT molecular complexity index is 839. The van der Waals surface area contributed by atoms with Crippen molar-refractivity contribution in [3.63, 3.8) is 0 Å². The van der Waals surface area contributed by atoms with Crippen LogP contribution in [0, 0.1) is 6.92 Å². The van der Waals surface area contributed by atoms with Gasteiger partial charge in [-0.15, -0.1) is 21.5 Å². The summed E-state index contributed by atoms with van der Waals surface area (Å²) in [4.78, 5) is 16.8. The van der Waals surface area contributed by atoms with E-state index in [9.17, 15) is 4.79 Å². The van der Waals surface area contributed by atoms with Gasteiger partial charge >= 0.3 is 0 Å². The highest BCUT2D eigenvalue weighted by Crippen LogP contribution is 2.24. The normalized spacial score (nSPS) is 10.8. The van der Waals surface area contributed by atoms with Crippen LogP contribution in [0.1, 0.15) is 47.2 Å². The van der Waals surface area contributed by atoms with Gasteiger partial charge in [-0.2, -0.15) is 0 Å². The summed E-state index contributed by atoms with van der Waals surface area (Å²) in [7, 11) is 0. The van der Waals surface area contributed by atoms with Gasteiger partial charge in [-0.25, -0.2) is 4.98 Å². The molecule has 3 aromatic rings. The number of nitrogens with one attached hydrogen (secondary N) is 1. The standard InChI is InChI=1S/C18H20N4OS2/c1-3-4-5-6-15-21-22-18(25-15)20-16(23)13-7-9-14(10-8-13)17-19-12(2)11-24-17/h7-11H,3-6H2,1-2H3,(H,20,22,23). The Hall–Kier alpha value is -2.12. The van der Waals surface area contributed by atoms with Crippen LogP contribution in [0.2, 0.25) is 0 Å². The molecule has 2 heterocycles. The fourth-order valence-electron chi connectivity index (χ4n) is 2.35. The van der Waals surface area contributed by atoms with Crippen molar-refractivity contribution in [2.75, 3.05) is 5.32 Å². The molecule has 0 aliphatic heterocycles. The summed E-state index contributed by atoms with van der Waals surface area (Å²) in [5.41, 5.74) is 2.62. The van der Waals surface area contributed by atoms with Crippen LogP contribution in [0.4, 0.5) is 5.13 Å². The van der Waals surface area contributed by atoms with E-state index in [0.717, 1.165) is 34.1 Å². The maximum Gasteiger partial charge on any atom is 0.257 e. The lowest BCUT2D eigenvalue weighted by molar-refractivity contribution is 0.102. The average molecular weight is 373 g/mol. The van der Waals surface area contributed by atoms with Gasteiger partial charge in [0.2, 0.25) is 5.13 Å². The summed E-state index contributed by atoms with van der Waals surface area (Å²) < 4.78 is 0. The first-order valence-corrected chi connectivity index (χ1v) is 10.0. The number of thiazole rings is 1. The van der Waals surface area contributed by atoms with Gasteiger partial charge in [-0.05, 0) is 25.5 Å². The number of anilines is 1. The Balaban J connectivity index is 1.61. The molecule has 0 radical (unpaired) electrons. The van der Waals surface area contributed by atoms with Crippen LogP contribution >= 0.6 is 22.7 Å². The summed E-state index contributed by atoms with van der Waals surface area (Å²) in [5, 5.41) is 15.5. The van der Waals surface area contributed by atoms with Crippen LogP contribution < -0.4 is 5.32 Å². The summed E-state index contributed by atoms with van der Waals surface area (Å²) >= 11 is 3.05. The molecule has 1 N–H and O–H groups in total. The van der Waals surface area contributed by atoms with Gasteiger partial charge in [0.1, 0.15) is 10.0 Å². The first-order chi connectivity index (χ1) is 12.2. The molecule has 0 aliphatic carbocycles. The lowest BCUT2D eigenvalue weighted by Crippen LogP contribution is -2.11. The zero-order valence-electron chi connectivity index (χ0n) is 14.3. The van der Waals surface area contributed by atoms with E-state index in [2.05, 4.69) is 27.4 Å². The second-order valence-electron chi connectivity index (χ2n) is 5.78.